The number of Topliss-reactive ketones (excluding diaryl/α,β-unsaturated/α-hetero) is 1. The second-order valence-corrected chi connectivity index (χ2v) is 8.95. The van der Waals surface area contributed by atoms with Gasteiger partial charge in [0.1, 0.15) is 6.42 Å². The highest BCUT2D eigenvalue weighted by molar-refractivity contribution is 9.10. The summed E-state index contributed by atoms with van der Waals surface area (Å²) in [5.74, 6) is -4.13. The molecule has 2 rings (SSSR count). The van der Waals surface area contributed by atoms with E-state index in [-0.39, 0.29) is 36.2 Å². The molecule has 0 saturated carbocycles. The molecule has 0 radical (unpaired) electrons. The van der Waals surface area contributed by atoms with Crippen molar-refractivity contribution >= 4 is 68.5 Å². The van der Waals surface area contributed by atoms with Crippen molar-refractivity contribution in [2.75, 3.05) is 6.54 Å². The van der Waals surface area contributed by atoms with Gasteiger partial charge in [0.2, 0.25) is 5.91 Å². The molecule has 1 N–H and O–H groups in total. The Bertz CT molecular complexity index is 1100. The summed E-state index contributed by atoms with van der Waals surface area (Å²) in [6.45, 7) is -0.684. The molecule has 3 nitrogen and oxygen atoms in total. The normalized spacial score (nSPS) is 13.2. The number of ketones is 1. The third-order valence-corrected chi connectivity index (χ3v) is 6.15. The summed E-state index contributed by atoms with van der Waals surface area (Å²) < 4.78 is 77.7. The van der Waals surface area contributed by atoms with Crippen molar-refractivity contribution in [3.05, 3.63) is 72.6 Å². The number of carbonyl (C=O) groups excluding carboxylic acids is 2. The molecule has 0 aliphatic carbocycles. The van der Waals surface area contributed by atoms with E-state index in [1.54, 1.807) is 0 Å². The number of halogens is 10. The average molecular weight is 612 g/mol. The summed E-state index contributed by atoms with van der Waals surface area (Å²) in [5.41, 5.74) is 0.0710. The van der Waals surface area contributed by atoms with Crippen LogP contribution in [0.25, 0.3) is 6.08 Å². The molecular weight excluding hydrogens is 598 g/mol. The maximum absolute atomic E-state index is 13.6. The van der Waals surface area contributed by atoms with E-state index in [9.17, 15) is 35.9 Å². The summed E-state index contributed by atoms with van der Waals surface area (Å²) >= 11 is 20.6. The Balaban J connectivity index is 2.20. The minimum atomic E-state index is -4.71. The van der Waals surface area contributed by atoms with E-state index >= 15 is 0 Å². The van der Waals surface area contributed by atoms with Crippen LogP contribution in [0.4, 0.5) is 26.3 Å². The number of carbonyl (C=O) groups is 2. The smallest absolute Gasteiger partial charge is 0.348 e. The Morgan fingerprint density at radius 3 is 2.09 bits per heavy atom. The van der Waals surface area contributed by atoms with E-state index in [0.29, 0.717) is 0 Å². The quantitative estimate of drug-likeness (QED) is 0.196. The van der Waals surface area contributed by atoms with Crippen molar-refractivity contribution in [1.29, 1.82) is 0 Å². The lowest BCUT2D eigenvalue weighted by Gasteiger charge is -2.18. The molecule has 0 heterocycles. The Morgan fingerprint density at radius 1 is 1.00 bits per heavy atom. The van der Waals surface area contributed by atoms with E-state index in [0.717, 1.165) is 18.2 Å². The highest BCUT2D eigenvalue weighted by Gasteiger charge is 2.39. The molecule has 13 heteroatoms. The van der Waals surface area contributed by atoms with Crippen LogP contribution >= 0.6 is 50.7 Å². The Morgan fingerprint density at radius 2 is 1.59 bits per heavy atom. The minimum Gasteiger partial charge on any atom is -0.348 e. The first-order valence-electron chi connectivity index (χ1n) is 9.14. The fourth-order valence-electron chi connectivity index (χ4n) is 2.75. The van der Waals surface area contributed by atoms with E-state index in [4.69, 9.17) is 34.8 Å². The predicted octanol–water partition coefficient (Wildman–Crippen LogP) is 8.02. The first-order chi connectivity index (χ1) is 15.6. The molecule has 0 aromatic heterocycles. The molecule has 184 valence electrons. The summed E-state index contributed by atoms with van der Waals surface area (Å²) in [6, 6.07) is 6.06. The van der Waals surface area contributed by atoms with Crippen LogP contribution in [0.1, 0.15) is 33.8 Å². The fraction of sp³-hybridized carbons (Fsp3) is 0.238. The number of benzene rings is 2. The first-order valence-corrected chi connectivity index (χ1v) is 11.1. The van der Waals surface area contributed by atoms with Crippen LogP contribution in [-0.4, -0.2) is 30.6 Å². The zero-order chi connectivity index (χ0) is 25.8. The summed E-state index contributed by atoms with van der Waals surface area (Å²) in [4.78, 5) is 23.4. The third kappa shape index (κ3) is 8.18. The van der Waals surface area contributed by atoms with E-state index in [1.807, 2.05) is 5.32 Å². The van der Waals surface area contributed by atoms with Gasteiger partial charge >= 0.3 is 12.4 Å². The topological polar surface area (TPSA) is 46.2 Å². The molecule has 2 aromatic carbocycles. The number of hydrogen-bond acceptors (Lipinski definition) is 2. The number of amides is 1. The predicted molar refractivity (Wildman–Crippen MR) is 121 cm³/mol. The Labute approximate surface area is 213 Å². The van der Waals surface area contributed by atoms with Gasteiger partial charge < -0.3 is 5.32 Å². The van der Waals surface area contributed by atoms with Gasteiger partial charge in [-0.05, 0) is 35.4 Å². The van der Waals surface area contributed by atoms with Gasteiger partial charge in [0, 0.05) is 10.0 Å². The summed E-state index contributed by atoms with van der Waals surface area (Å²) in [7, 11) is 0. The largest absolute Gasteiger partial charge is 0.399 e. The number of alkyl halides is 6. The van der Waals surface area contributed by atoms with Crippen LogP contribution in [0.15, 0.2) is 40.9 Å². The molecule has 2 aromatic rings. The van der Waals surface area contributed by atoms with Crippen molar-refractivity contribution in [3.63, 3.8) is 0 Å². The van der Waals surface area contributed by atoms with E-state index in [1.165, 1.54) is 24.3 Å². The first kappa shape index (κ1) is 28.5. The molecule has 0 spiro atoms. The van der Waals surface area contributed by atoms with Gasteiger partial charge in [0.25, 0.3) is 0 Å². The maximum Gasteiger partial charge on any atom is 0.399 e. The SMILES string of the molecule is O=C(CC(F)(F)F)NCC(=O)c1ccc(/C=C/C(c2cc(Cl)c(Cl)c(Cl)c2)C(F)(F)F)cc1Br. The second-order valence-electron chi connectivity index (χ2n) is 6.91. The van der Waals surface area contributed by atoms with Crippen LogP contribution in [-0.2, 0) is 4.79 Å². The lowest BCUT2D eigenvalue weighted by atomic mass is 9.97. The Hall–Kier alpha value is -1.75. The average Bonchev–Trinajstić information content (AvgIpc) is 2.68. The molecule has 1 amide bonds. The van der Waals surface area contributed by atoms with Gasteiger partial charge in [0.15, 0.2) is 5.78 Å². The lowest BCUT2D eigenvalue weighted by molar-refractivity contribution is -0.153. The van der Waals surface area contributed by atoms with Crippen molar-refractivity contribution < 1.29 is 35.9 Å². The standard InChI is InChI=1S/C21H13BrCl3F6NO2/c22-14-5-10(1-3-12(14)17(33)9-32-18(34)8-20(26,27)28)2-4-13(21(29,30)31)11-6-15(23)19(25)16(24)7-11/h1-7,13H,8-9H2,(H,32,34)/b4-2+. The van der Waals surface area contributed by atoms with E-state index < -0.39 is 42.9 Å². The summed E-state index contributed by atoms with van der Waals surface area (Å²) in [5, 5.41) is 1.52. The van der Waals surface area contributed by atoms with Crippen molar-refractivity contribution in [3.8, 4) is 0 Å². The van der Waals surface area contributed by atoms with Gasteiger partial charge in [0.05, 0.1) is 27.5 Å². The molecule has 0 bridgehead atoms. The van der Waals surface area contributed by atoms with Crippen LogP contribution in [0.5, 0.6) is 0 Å². The third-order valence-electron chi connectivity index (χ3n) is 4.30. The fourth-order valence-corrected chi connectivity index (χ4v) is 3.98. The maximum atomic E-state index is 13.6. The molecule has 0 fully saturated rings. The molecule has 0 saturated heterocycles. The van der Waals surface area contributed by atoms with Crippen LogP contribution in [0.3, 0.4) is 0 Å². The highest BCUT2D eigenvalue weighted by Crippen LogP contribution is 2.41. The van der Waals surface area contributed by atoms with Gasteiger partial charge in [-0.1, -0.05) is 69.0 Å². The monoisotopic (exact) mass is 609 g/mol. The zero-order valence-corrected chi connectivity index (χ0v) is 20.5. The molecule has 1 unspecified atom stereocenters. The summed E-state index contributed by atoms with van der Waals surface area (Å²) in [6.07, 6.45) is -9.08. The van der Waals surface area contributed by atoms with E-state index in [2.05, 4.69) is 15.9 Å². The number of allylic oxidation sites excluding steroid dienone is 1. The van der Waals surface area contributed by atoms with Crippen molar-refractivity contribution in [2.45, 2.75) is 24.7 Å². The van der Waals surface area contributed by atoms with Crippen LogP contribution < -0.4 is 5.32 Å². The van der Waals surface area contributed by atoms with Crippen molar-refractivity contribution in [2.24, 2.45) is 0 Å². The van der Waals surface area contributed by atoms with Gasteiger partial charge in [-0.2, -0.15) is 26.3 Å². The zero-order valence-electron chi connectivity index (χ0n) is 16.6. The van der Waals surface area contributed by atoms with Crippen molar-refractivity contribution in [1.82, 2.24) is 5.32 Å². The van der Waals surface area contributed by atoms with Gasteiger partial charge in [-0.25, -0.2) is 0 Å². The molecular formula is C21H13BrCl3F6NO2. The molecule has 0 aliphatic rings. The van der Waals surface area contributed by atoms with Crippen LogP contribution in [0.2, 0.25) is 15.1 Å². The highest BCUT2D eigenvalue weighted by atomic mass is 79.9. The molecule has 34 heavy (non-hydrogen) atoms. The molecule has 1 atom stereocenters. The number of nitrogens with one attached hydrogen (secondary N) is 1. The Kier molecular flexibility index (Phi) is 9.49. The lowest BCUT2D eigenvalue weighted by Crippen LogP contribution is -2.32. The van der Waals surface area contributed by atoms with Crippen LogP contribution in [0, 0.1) is 0 Å². The second kappa shape index (κ2) is 11.3. The van der Waals surface area contributed by atoms with Gasteiger partial charge in [-0.3, -0.25) is 9.59 Å². The number of rotatable bonds is 7. The van der Waals surface area contributed by atoms with Gasteiger partial charge in [-0.15, -0.1) is 0 Å². The minimum absolute atomic E-state index is 0.0214. The molecule has 0 aliphatic heterocycles. The number of hydrogen-bond donors (Lipinski definition) is 1.